The summed E-state index contributed by atoms with van der Waals surface area (Å²) in [6.07, 6.45) is 6.54. The number of aromatic nitrogens is 1. The molecule has 0 unspecified atom stereocenters. The van der Waals surface area contributed by atoms with Crippen LogP contribution in [-0.4, -0.2) is 13.4 Å². The number of pyridine rings is 1. The number of unbranched alkanes of at least 4 members (excludes halogenated alkanes) is 1. The van der Waals surface area contributed by atoms with Gasteiger partial charge >= 0.3 is 0 Å². The first-order chi connectivity index (χ1) is 10.1. The molecule has 1 aromatic carbocycles. The maximum Gasteiger partial charge on any atom is 0.240 e. The molecule has 0 aliphatic carbocycles. The van der Waals surface area contributed by atoms with Crippen molar-refractivity contribution in [2.24, 2.45) is 0 Å². The minimum atomic E-state index is -3.47. The minimum absolute atomic E-state index is 0.244. The zero-order valence-electron chi connectivity index (χ0n) is 12.1. The molecule has 0 saturated carbocycles. The van der Waals surface area contributed by atoms with Crippen LogP contribution < -0.4 is 4.72 Å². The van der Waals surface area contributed by atoms with Crippen molar-refractivity contribution in [1.29, 1.82) is 0 Å². The Morgan fingerprint density at radius 1 is 1.10 bits per heavy atom. The van der Waals surface area contributed by atoms with Gasteiger partial charge in [0.25, 0.3) is 0 Å². The highest BCUT2D eigenvalue weighted by Gasteiger charge is 2.13. The van der Waals surface area contributed by atoms with E-state index in [9.17, 15) is 8.42 Å². The van der Waals surface area contributed by atoms with E-state index in [1.807, 2.05) is 18.2 Å². The van der Waals surface area contributed by atoms with Crippen molar-refractivity contribution in [1.82, 2.24) is 9.71 Å². The second-order valence-electron chi connectivity index (χ2n) is 4.93. The summed E-state index contributed by atoms with van der Waals surface area (Å²) in [6, 6.07) is 10.7. The number of nitrogens with one attached hydrogen (secondary N) is 1. The zero-order valence-corrected chi connectivity index (χ0v) is 12.9. The second kappa shape index (κ2) is 7.33. The van der Waals surface area contributed by atoms with E-state index >= 15 is 0 Å². The average Bonchev–Trinajstić information content (AvgIpc) is 2.52. The summed E-state index contributed by atoms with van der Waals surface area (Å²) in [7, 11) is -3.47. The third kappa shape index (κ3) is 4.65. The van der Waals surface area contributed by atoms with E-state index in [1.165, 1.54) is 5.56 Å². The fourth-order valence-electron chi connectivity index (χ4n) is 1.98. The van der Waals surface area contributed by atoms with Crippen molar-refractivity contribution >= 4 is 10.0 Å². The third-order valence-corrected chi connectivity index (χ3v) is 4.66. The fraction of sp³-hybridized carbons (Fsp3) is 0.312. The highest BCUT2D eigenvalue weighted by Crippen LogP contribution is 2.13. The molecular weight excluding hydrogens is 284 g/mol. The number of rotatable bonds is 7. The van der Waals surface area contributed by atoms with Gasteiger partial charge in [0.2, 0.25) is 10.0 Å². The van der Waals surface area contributed by atoms with E-state index in [1.54, 1.807) is 30.6 Å². The predicted molar refractivity (Wildman–Crippen MR) is 83.3 cm³/mol. The third-order valence-electron chi connectivity index (χ3n) is 3.24. The normalized spacial score (nSPS) is 11.5. The Bertz CT molecular complexity index is 652. The number of hydrogen-bond donors (Lipinski definition) is 1. The zero-order chi connectivity index (χ0) is 15.1. The molecule has 5 heteroatoms. The van der Waals surface area contributed by atoms with Crippen LogP contribution in [0.25, 0.3) is 0 Å². The van der Waals surface area contributed by atoms with Gasteiger partial charge in [-0.2, -0.15) is 0 Å². The molecule has 0 aliphatic heterocycles. The number of hydrogen-bond acceptors (Lipinski definition) is 3. The van der Waals surface area contributed by atoms with E-state index in [0.29, 0.717) is 4.90 Å². The van der Waals surface area contributed by atoms with Crippen LogP contribution in [0.2, 0.25) is 0 Å². The van der Waals surface area contributed by atoms with Gasteiger partial charge in [0.1, 0.15) is 0 Å². The lowest BCUT2D eigenvalue weighted by atomic mass is 10.1. The molecule has 0 radical (unpaired) electrons. The van der Waals surface area contributed by atoms with Crippen LogP contribution in [0.4, 0.5) is 0 Å². The smallest absolute Gasteiger partial charge is 0.240 e. The van der Waals surface area contributed by atoms with Gasteiger partial charge in [-0.25, -0.2) is 13.1 Å². The average molecular weight is 304 g/mol. The van der Waals surface area contributed by atoms with Gasteiger partial charge in [0.05, 0.1) is 4.90 Å². The summed E-state index contributed by atoms with van der Waals surface area (Å²) in [5.74, 6) is 0. The number of benzene rings is 1. The van der Waals surface area contributed by atoms with Crippen molar-refractivity contribution in [3.63, 3.8) is 0 Å². The Kier molecular flexibility index (Phi) is 5.47. The lowest BCUT2D eigenvalue weighted by molar-refractivity contribution is 0.581. The highest BCUT2D eigenvalue weighted by atomic mass is 32.2. The van der Waals surface area contributed by atoms with Crippen LogP contribution >= 0.6 is 0 Å². The standard InChI is InChI=1S/C16H20N2O2S/c1-2-3-5-14-7-9-16(10-8-14)21(19,20)18-13-15-6-4-11-17-12-15/h4,6-12,18H,2-3,5,13H2,1H3. The van der Waals surface area contributed by atoms with Gasteiger partial charge in [-0.1, -0.05) is 31.5 Å². The van der Waals surface area contributed by atoms with E-state index < -0.39 is 10.0 Å². The van der Waals surface area contributed by atoms with Crippen LogP contribution in [0.5, 0.6) is 0 Å². The highest BCUT2D eigenvalue weighted by molar-refractivity contribution is 7.89. The van der Waals surface area contributed by atoms with Gasteiger partial charge in [0, 0.05) is 18.9 Å². The molecule has 1 N–H and O–H groups in total. The summed E-state index contributed by atoms with van der Waals surface area (Å²) in [5, 5.41) is 0. The van der Waals surface area contributed by atoms with Crippen LogP contribution in [0.1, 0.15) is 30.9 Å². The molecule has 0 amide bonds. The number of aryl methyl sites for hydroxylation is 1. The Hall–Kier alpha value is -1.72. The molecule has 0 aliphatic rings. The number of sulfonamides is 1. The maximum absolute atomic E-state index is 12.2. The van der Waals surface area contributed by atoms with Gasteiger partial charge in [-0.05, 0) is 42.2 Å². The molecule has 0 atom stereocenters. The molecule has 2 aromatic rings. The molecule has 112 valence electrons. The second-order valence-corrected chi connectivity index (χ2v) is 6.70. The summed E-state index contributed by atoms with van der Waals surface area (Å²) in [4.78, 5) is 4.26. The monoisotopic (exact) mass is 304 g/mol. The molecule has 1 aromatic heterocycles. The van der Waals surface area contributed by atoms with E-state index in [0.717, 1.165) is 24.8 Å². The van der Waals surface area contributed by atoms with Crippen LogP contribution in [-0.2, 0) is 23.0 Å². The first-order valence-corrected chi connectivity index (χ1v) is 8.57. The van der Waals surface area contributed by atoms with Crippen molar-refractivity contribution < 1.29 is 8.42 Å². The quantitative estimate of drug-likeness (QED) is 0.855. The molecule has 0 spiro atoms. The van der Waals surface area contributed by atoms with Crippen LogP contribution in [0, 0.1) is 0 Å². The van der Waals surface area contributed by atoms with Crippen molar-refractivity contribution in [2.75, 3.05) is 0 Å². The molecule has 1 heterocycles. The lowest BCUT2D eigenvalue weighted by Gasteiger charge is -2.07. The Morgan fingerprint density at radius 2 is 1.86 bits per heavy atom. The summed E-state index contributed by atoms with van der Waals surface area (Å²) in [6.45, 7) is 2.38. The first-order valence-electron chi connectivity index (χ1n) is 7.09. The largest absolute Gasteiger partial charge is 0.264 e. The SMILES string of the molecule is CCCCc1ccc(S(=O)(=O)NCc2cccnc2)cc1. The molecular formula is C16H20N2O2S. The van der Waals surface area contributed by atoms with Crippen molar-refractivity contribution in [3.8, 4) is 0 Å². The van der Waals surface area contributed by atoms with Gasteiger partial charge < -0.3 is 0 Å². The van der Waals surface area contributed by atoms with Gasteiger partial charge in [0.15, 0.2) is 0 Å². The molecule has 0 bridgehead atoms. The molecule has 0 saturated heterocycles. The molecule has 4 nitrogen and oxygen atoms in total. The summed E-state index contributed by atoms with van der Waals surface area (Å²) < 4.78 is 27.0. The van der Waals surface area contributed by atoms with Crippen molar-refractivity contribution in [2.45, 2.75) is 37.6 Å². The van der Waals surface area contributed by atoms with Gasteiger partial charge in [-0.3, -0.25) is 4.98 Å². The summed E-state index contributed by atoms with van der Waals surface area (Å²) in [5.41, 5.74) is 2.00. The Balaban J connectivity index is 2.02. The lowest BCUT2D eigenvalue weighted by Crippen LogP contribution is -2.23. The Labute approximate surface area is 126 Å². The van der Waals surface area contributed by atoms with E-state index in [4.69, 9.17) is 0 Å². The molecule has 2 rings (SSSR count). The summed E-state index contributed by atoms with van der Waals surface area (Å²) >= 11 is 0. The fourth-order valence-corrected chi connectivity index (χ4v) is 3.00. The first kappa shape index (κ1) is 15.7. The predicted octanol–water partition coefficient (Wildman–Crippen LogP) is 2.90. The molecule has 21 heavy (non-hydrogen) atoms. The van der Waals surface area contributed by atoms with Gasteiger partial charge in [-0.15, -0.1) is 0 Å². The van der Waals surface area contributed by atoms with Crippen LogP contribution in [0.15, 0.2) is 53.7 Å². The van der Waals surface area contributed by atoms with E-state index in [2.05, 4.69) is 16.6 Å². The number of nitrogens with zero attached hydrogens (tertiary/aromatic N) is 1. The maximum atomic E-state index is 12.2. The topological polar surface area (TPSA) is 59.1 Å². The van der Waals surface area contributed by atoms with E-state index in [-0.39, 0.29) is 6.54 Å². The Morgan fingerprint density at radius 3 is 2.48 bits per heavy atom. The van der Waals surface area contributed by atoms with Crippen molar-refractivity contribution in [3.05, 3.63) is 59.9 Å². The molecule has 0 fully saturated rings. The van der Waals surface area contributed by atoms with Crippen LogP contribution in [0.3, 0.4) is 0 Å². The minimum Gasteiger partial charge on any atom is -0.264 e.